The van der Waals surface area contributed by atoms with Crippen LogP contribution in [0.15, 0.2) is 18.2 Å². The topological polar surface area (TPSA) is 87.2 Å². The number of nitrogens with two attached hydrogens (primary N) is 1. The predicted octanol–water partition coefficient (Wildman–Crippen LogP) is 0.959. The fraction of sp³-hybridized carbons (Fsp3) is 0.357. The third-order valence-electron chi connectivity index (χ3n) is 3.41. The van der Waals surface area contributed by atoms with Gasteiger partial charge in [0.1, 0.15) is 0 Å². The van der Waals surface area contributed by atoms with Gasteiger partial charge in [0.15, 0.2) is 0 Å². The third kappa shape index (κ3) is 2.43. The first kappa shape index (κ1) is 13.1. The zero-order chi connectivity index (χ0) is 14.0. The molecular weight excluding hydrogens is 242 g/mol. The fourth-order valence-electron chi connectivity index (χ4n) is 2.33. The van der Waals surface area contributed by atoms with Crippen LogP contribution in [0.1, 0.15) is 24.5 Å². The van der Waals surface area contributed by atoms with Crippen LogP contribution >= 0.6 is 0 Å². The first-order valence-corrected chi connectivity index (χ1v) is 6.19. The molecule has 2 rings (SSSR count). The van der Waals surface area contributed by atoms with Gasteiger partial charge >= 0.3 is 0 Å². The van der Waals surface area contributed by atoms with Gasteiger partial charge in [-0.1, -0.05) is 6.92 Å². The number of amides is 2. The summed E-state index contributed by atoms with van der Waals surface area (Å²) in [5.41, 5.74) is 7.53. The van der Waals surface area contributed by atoms with Gasteiger partial charge in [-0.3, -0.25) is 9.59 Å². The van der Waals surface area contributed by atoms with Crippen molar-refractivity contribution in [2.75, 3.05) is 11.4 Å². The summed E-state index contributed by atoms with van der Waals surface area (Å²) in [4.78, 5) is 24.7. The number of anilines is 1. The molecule has 0 aromatic heterocycles. The minimum absolute atomic E-state index is 0.0943. The number of carbonyl (C=O) groups excluding carboxylic acids is 2. The summed E-state index contributed by atoms with van der Waals surface area (Å²) in [6, 6.07) is 7.30. The van der Waals surface area contributed by atoms with Crippen molar-refractivity contribution in [1.29, 1.82) is 5.26 Å². The maximum atomic E-state index is 12.0. The average molecular weight is 257 g/mol. The summed E-state index contributed by atoms with van der Waals surface area (Å²) in [5.74, 6) is -0.960. The van der Waals surface area contributed by atoms with Crippen LogP contribution in [0.2, 0.25) is 0 Å². The van der Waals surface area contributed by atoms with E-state index in [1.165, 1.54) is 0 Å². The highest BCUT2D eigenvalue weighted by molar-refractivity contribution is 6.00. The lowest BCUT2D eigenvalue weighted by atomic mass is 10.1. The maximum Gasteiger partial charge on any atom is 0.227 e. The first-order chi connectivity index (χ1) is 9.06. The molecule has 0 bridgehead atoms. The van der Waals surface area contributed by atoms with E-state index in [0.717, 1.165) is 17.7 Å². The zero-order valence-electron chi connectivity index (χ0n) is 10.7. The monoisotopic (exact) mass is 257 g/mol. The highest BCUT2D eigenvalue weighted by atomic mass is 16.2. The van der Waals surface area contributed by atoms with Crippen molar-refractivity contribution in [3.63, 3.8) is 0 Å². The SMILES string of the molecule is CCc1cc(C#N)ccc1N1CC(C(N)=O)CC1=O. The number of hydrogen-bond donors (Lipinski definition) is 1. The Hall–Kier alpha value is -2.35. The van der Waals surface area contributed by atoms with Crippen molar-refractivity contribution >= 4 is 17.5 Å². The molecule has 2 N–H and O–H groups in total. The molecule has 5 nitrogen and oxygen atoms in total. The van der Waals surface area contributed by atoms with Crippen LogP contribution in [0.5, 0.6) is 0 Å². The molecule has 98 valence electrons. The van der Waals surface area contributed by atoms with E-state index in [2.05, 4.69) is 6.07 Å². The molecule has 1 aliphatic rings. The summed E-state index contributed by atoms with van der Waals surface area (Å²) >= 11 is 0. The van der Waals surface area contributed by atoms with Gasteiger partial charge in [-0.05, 0) is 30.2 Å². The zero-order valence-corrected chi connectivity index (χ0v) is 10.7. The Labute approximate surface area is 111 Å². The molecular formula is C14H15N3O2. The molecule has 1 aromatic rings. The fourth-order valence-corrected chi connectivity index (χ4v) is 2.33. The number of primary amides is 1. The van der Waals surface area contributed by atoms with E-state index in [0.29, 0.717) is 12.1 Å². The molecule has 1 aromatic carbocycles. The van der Waals surface area contributed by atoms with Crippen molar-refractivity contribution in [2.45, 2.75) is 19.8 Å². The smallest absolute Gasteiger partial charge is 0.227 e. The molecule has 2 amide bonds. The molecule has 1 fully saturated rings. The van der Waals surface area contributed by atoms with Gasteiger partial charge in [-0.25, -0.2) is 0 Å². The second-order valence-corrected chi connectivity index (χ2v) is 4.62. The van der Waals surface area contributed by atoms with E-state index in [1.807, 2.05) is 6.92 Å². The van der Waals surface area contributed by atoms with Crippen molar-refractivity contribution in [3.8, 4) is 6.07 Å². The van der Waals surface area contributed by atoms with Crippen molar-refractivity contribution in [2.24, 2.45) is 11.7 Å². The van der Waals surface area contributed by atoms with Gasteiger partial charge in [0.05, 0.1) is 17.6 Å². The molecule has 0 aliphatic carbocycles. The molecule has 1 unspecified atom stereocenters. The van der Waals surface area contributed by atoms with E-state index < -0.39 is 11.8 Å². The Morgan fingerprint density at radius 1 is 1.58 bits per heavy atom. The molecule has 0 saturated carbocycles. The highest BCUT2D eigenvalue weighted by Gasteiger charge is 2.34. The van der Waals surface area contributed by atoms with E-state index in [1.54, 1.807) is 23.1 Å². The van der Waals surface area contributed by atoms with Gasteiger partial charge in [0.25, 0.3) is 0 Å². The molecule has 1 saturated heterocycles. The molecule has 1 atom stereocenters. The Balaban J connectivity index is 2.35. The Morgan fingerprint density at radius 2 is 2.32 bits per heavy atom. The van der Waals surface area contributed by atoms with Crippen LogP contribution in [0.3, 0.4) is 0 Å². The molecule has 5 heteroatoms. The summed E-state index contributed by atoms with van der Waals surface area (Å²) in [5, 5.41) is 8.89. The predicted molar refractivity (Wildman–Crippen MR) is 70.2 cm³/mol. The Kier molecular flexibility index (Phi) is 3.52. The molecule has 0 spiro atoms. The van der Waals surface area contributed by atoms with E-state index in [9.17, 15) is 9.59 Å². The van der Waals surface area contributed by atoms with Crippen LogP contribution < -0.4 is 10.6 Å². The largest absolute Gasteiger partial charge is 0.369 e. The van der Waals surface area contributed by atoms with Crippen LogP contribution in [-0.2, 0) is 16.0 Å². The number of nitrogens with zero attached hydrogens (tertiary/aromatic N) is 2. The second kappa shape index (κ2) is 5.11. The lowest BCUT2D eigenvalue weighted by Gasteiger charge is -2.19. The van der Waals surface area contributed by atoms with Gasteiger partial charge in [-0.15, -0.1) is 0 Å². The average Bonchev–Trinajstić information content (AvgIpc) is 2.80. The number of rotatable bonds is 3. The maximum absolute atomic E-state index is 12.0. The summed E-state index contributed by atoms with van der Waals surface area (Å²) < 4.78 is 0. The molecule has 19 heavy (non-hydrogen) atoms. The quantitative estimate of drug-likeness (QED) is 0.874. The minimum atomic E-state index is -0.442. The molecule has 1 heterocycles. The first-order valence-electron chi connectivity index (χ1n) is 6.19. The minimum Gasteiger partial charge on any atom is -0.369 e. The van der Waals surface area contributed by atoms with Crippen LogP contribution in [0.25, 0.3) is 0 Å². The van der Waals surface area contributed by atoms with Gasteiger partial charge in [0.2, 0.25) is 11.8 Å². The normalized spacial score (nSPS) is 18.4. The summed E-state index contributed by atoms with van der Waals surface area (Å²) in [6.07, 6.45) is 0.883. The van der Waals surface area contributed by atoms with Crippen LogP contribution in [0, 0.1) is 17.2 Å². The summed E-state index contributed by atoms with van der Waals surface area (Å²) in [6.45, 7) is 2.29. The Morgan fingerprint density at radius 3 is 2.84 bits per heavy atom. The van der Waals surface area contributed by atoms with Crippen LogP contribution in [0.4, 0.5) is 5.69 Å². The van der Waals surface area contributed by atoms with Crippen LogP contribution in [-0.4, -0.2) is 18.4 Å². The second-order valence-electron chi connectivity index (χ2n) is 4.62. The van der Waals surface area contributed by atoms with Crippen molar-refractivity contribution < 1.29 is 9.59 Å². The van der Waals surface area contributed by atoms with E-state index in [4.69, 9.17) is 11.0 Å². The number of nitriles is 1. The van der Waals surface area contributed by atoms with Crippen molar-refractivity contribution in [1.82, 2.24) is 0 Å². The lowest BCUT2D eigenvalue weighted by Crippen LogP contribution is -2.29. The third-order valence-corrected chi connectivity index (χ3v) is 3.41. The summed E-state index contributed by atoms with van der Waals surface area (Å²) in [7, 11) is 0. The van der Waals surface area contributed by atoms with Gasteiger partial charge in [-0.2, -0.15) is 5.26 Å². The van der Waals surface area contributed by atoms with Gasteiger partial charge < -0.3 is 10.6 Å². The van der Waals surface area contributed by atoms with Crippen molar-refractivity contribution in [3.05, 3.63) is 29.3 Å². The van der Waals surface area contributed by atoms with E-state index in [-0.39, 0.29) is 12.3 Å². The van der Waals surface area contributed by atoms with E-state index >= 15 is 0 Å². The lowest BCUT2D eigenvalue weighted by molar-refractivity contribution is -0.123. The Bertz CT molecular complexity index is 575. The number of carbonyl (C=O) groups is 2. The molecule has 1 aliphatic heterocycles. The van der Waals surface area contributed by atoms with Gasteiger partial charge in [0, 0.05) is 18.7 Å². The standard InChI is InChI=1S/C14H15N3O2/c1-2-10-5-9(7-15)3-4-12(10)17-8-11(14(16)19)6-13(17)18/h3-5,11H,2,6,8H2,1H3,(H2,16,19). The number of benzene rings is 1. The highest BCUT2D eigenvalue weighted by Crippen LogP contribution is 2.29. The molecule has 0 radical (unpaired) electrons. The number of hydrogen-bond acceptors (Lipinski definition) is 3. The number of aryl methyl sites for hydroxylation is 1.